The number of amides is 1. The van der Waals surface area contributed by atoms with Crippen molar-refractivity contribution in [1.82, 2.24) is 4.31 Å². The highest BCUT2D eigenvalue weighted by molar-refractivity contribution is 7.89. The van der Waals surface area contributed by atoms with Gasteiger partial charge in [-0.2, -0.15) is 4.31 Å². The molecule has 148 valence electrons. The zero-order chi connectivity index (χ0) is 20.1. The number of carbonyl (C=O) groups is 2. The van der Waals surface area contributed by atoms with Crippen molar-refractivity contribution in [3.05, 3.63) is 54.1 Å². The van der Waals surface area contributed by atoms with Crippen LogP contribution in [-0.4, -0.2) is 43.0 Å². The number of hydrogen-bond acceptors (Lipinski definition) is 5. The maximum atomic E-state index is 12.6. The zero-order valence-electron chi connectivity index (χ0n) is 15.0. The molecule has 0 bridgehead atoms. The van der Waals surface area contributed by atoms with Crippen molar-refractivity contribution in [1.29, 1.82) is 0 Å². The molecule has 0 aliphatic carbocycles. The van der Waals surface area contributed by atoms with Gasteiger partial charge in [0.05, 0.1) is 4.90 Å². The highest BCUT2D eigenvalue weighted by atomic mass is 32.2. The molecule has 0 radical (unpaired) electrons. The molecule has 0 spiro atoms. The molecule has 0 unspecified atom stereocenters. The van der Waals surface area contributed by atoms with Crippen LogP contribution >= 0.6 is 0 Å². The first-order valence-electron chi connectivity index (χ1n) is 8.79. The standard InChI is InChI=1S/C19H20N2O6S/c22-18(23)16-6-2-3-7-17(16)27-19(24)20-14-8-10-15(11-9-14)28(25,26)21-12-4-1-5-13-21/h2-3,6-11H,1,4-5,12-13H2,(H,20,24)(H,22,23). The van der Waals surface area contributed by atoms with Gasteiger partial charge in [-0.25, -0.2) is 18.0 Å². The molecular weight excluding hydrogens is 384 g/mol. The van der Waals surface area contributed by atoms with Crippen LogP contribution in [0.1, 0.15) is 29.6 Å². The van der Waals surface area contributed by atoms with Crippen LogP contribution in [0.3, 0.4) is 0 Å². The monoisotopic (exact) mass is 404 g/mol. The van der Waals surface area contributed by atoms with Crippen LogP contribution in [-0.2, 0) is 10.0 Å². The van der Waals surface area contributed by atoms with Gasteiger partial charge in [0.15, 0.2) is 0 Å². The molecule has 1 saturated heterocycles. The number of sulfonamides is 1. The van der Waals surface area contributed by atoms with Gasteiger partial charge in [-0.3, -0.25) is 5.32 Å². The Bertz CT molecular complexity index is 966. The van der Waals surface area contributed by atoms with Gasteiger partial charge in [-0.15, -0.1) is 0 Å². The minimum absolute atomic E-state index is 0.0863. The second-order valence-corrected chi connectivity index (χ2v) is 8.24. The molecule has 0 aromatic heterocycles. The summed E-state index contributed by atoms with van der Waals surface area (Å²) in [5.41, 5.74) is 0.191. The van der Waals surface area contributed by atoms with Gasteiger partial charge in [0.1, 0.15) is 11.3 Å². The smallest absolute Gasteiger partial charge is 0.417 e. The fraction of sp³-hybridized carbons (Fsp3) is 0.263. The van der Waals surface area contributed by atoms with E-state index in [0.717, 1.165) is 19.3 Å². The first-order chi connectivity index (χ1) is 13.4. The highest BCUT2D eigenvalue weighted by Gasteiger charge is 2.25. The molecule has 1 aliphatic heterocycles. The number of rotatable bonds is 5. The molecular formula is C19H20N2O6S. The Labute approximate surface area is 162 Å². The van der Waals surface area contributed by atoms with Crippen LogP contribution < -0.4 is 10.1 Å². The molecule has 28 heavy (non-hydrogen) atoms. The fourth-order valence-corrected chi connectivity index (χ4v) is 4.46. The molecule has 2 N–H and O–H groups in total. The lowest BCUT2D eigenvalue weighted by molar-refractivity contribution is 0.0694. The van der Waals surface area contributed by atoms with E-state index >= 15 is 0 Å². The molecule has 1 heterocycles. The van der Waals surface area contributed by atoms with Crippen molar-refractivity contribution in [2.45, 2.75) is 24.2 Å². The quantitative estimate of drug-likeness (QED) is 0.791. The van der Waals surface area contributed by atoms with Crippen LogP contribution in [0.4, 0.5) is 10.5 Å². The number of carboxylic acid groups (broad SMARTS) is 1. The van der Waals surface area contributed by atoms with Gasteiger partial charge in [-0.05, 0) is 49.2 Å². The van der Waals surface area contributed by atoms with E-state index in [1.165, 1.54) is 46.8 Å². The number of nitrogens with zero attached hydrogens (tertiary/aromatic N) is 1. The van der Waals surface area contributed by atoms with Gasteiger partial charge in [0, 0.05) is 18.8 Å². The summed E-state index contributed by atoms with van der Waals surface area (Å²) in [6.07, 6.45) is 1.85. The summed E-state index contributed by atoms with van der Waals surface area (Å²) in [7, 11) is -3.55. The van der Waals surface area contributed by atoms with E-state index in [-0.39, 0.29) is 16.2 Å². The van der Waals surface area contributed by atoms with E-state index in [1.54, 1.807) is 6.07 Å². The van der Waals surface area contributed by atoms with Crippen LogP contribution in [0, 0.1) is 0 Å². The number of para-hydroxylation sites is 1. The van der Waals surface area contributed by atoms with Gasteiger partial charge in [-0.1, -0.05) is 18.6 Å². The third kappa shape index (κ3) is 4.49. The maximum Gasteiger partial charge on any atom is 0.417 e. The van der Waals surface area contributed by atoms with Gasteiger partial charge in [0.2, 0.25) is 10.0 Å². The van der Waals surface area contributed by atoms with E-state index in [1.807, 2.05) is 0 Å². The Kier molecular flexibility index (Phi) is 5.96. The van der Waals surface area contributed by atoms with Crippen molar-refractivity contribution in [3.63, 3.8) is 0 Å². The number of hydrogen-bond donors (Lipinski definition) is 2. The number of piperidine rings is 1. The predicted octanol–water partition coefficient (Wildman–Crippen LogP) is 3.17. The second kappa shape index (κ2) is 8.41. The van der Waals surface area contributed by atoms with Crippen molar-refractivity contribution < 1.29 is 27.9 Å². The van der Waals surface area contributed by atoms with E-state index in [0.29, 0.717) is 18.8 Å². The summed E-state index contributed by atoms with van der Waals surface area (Å²) in [6, 6.07) is 11.5. The van der Waals surface area contributed by atoms with E-state index in [9.17, 15) is 18.0 Å². The zero-order valence-corrected chi connectivity index (χ0v) is 15.8. The molecule has 1 aliphatic rings. The predicted molar refractivity (Wildman–Crippen MR) is 102 cm³/mol. The number of carbonyl (C=O) groups excluding carboxylic acids is 1. The summed E-state index contributed by atoms with van der Waals surface area (Å²) in [6.45, 7) is 1.02. The molecule has 3 rings (SSSR count). The SMILES string of the molecule is O=C(Nc1ccc(S(=O)(=O)N2CCCCC2)cc1)Oc1ccccc1C(=O)O. The molecule has 0 saturated carbocycles. The van der Waals surface area contributed by atoms with Crippen LogP contribution in [0.25, 0.3) is 0 Å². The first kappa shape index (κ1) is 19.8. The third-order valence-electron chi connectivity index (χ3n) is 4.37. The topological polar surface area (TPSA) is 113 Å². The summed E-state index contributed by atoms with van der Waals surface area (Å²) >= 11 is 0. The number of aromatic carboxylic acids is 1. The molecule has 2 aromatic carbocycles. The maximum absolute atomic E-state index is 12.6. The van der Waals surface area contributed by atoms with Crippen molar-refractivity contribution in [2.24, 2.45) is 0 Å². The average molecular weight is 404 g/mol. The van der Waals surface area contributed by atoms with E-state index in [4.69, 9.17) is 9.84 Å². The molecule has 8 nitrogen and oxygen atoms in total. The van der Waals surface area contributed by atoms with Crippen LogP contribution in [0.15, 0.2) is 53.4 Å². The largest absolute Gasteiger partial charge is 0.478 e. The number of ether oxygens (including phenoxy) is 1. The number of anilines is 1. The van der Waals surface area contributed by atoms with Gasteiger partial charge >= 0.3 is 12.1 Å². The van der Waals surface area contributed by atoms with E-state index < -0.39 is 22.1 Å². The summed E-state index contributed by atoms with van der Waals surface area (Å²) in [5.74, 6) is -1.30. The molecule has 2 aromatic rings. The summed E-state index contributed by atoms with van der Waals surface area (Å²) < 4.78 is 31.8. The minimum Gasteiger partial charge on any atom is -0.478 e. The summed E-state index contributed by atoms with van der Waals surface area (Å²) in [5, 5.41) is 11.6. The lowest BCUT2D eigenvalue weighted by Crippen LogP contribution is -2.35. The Morgan fingerprint density at radius 3 is 2.25 bits per heavy atom. The lowest BCUT2D eigenvalue weighted by atomic mass is 10.2. The Morgan fingerprint density at radius 1 is 0.964 bits per heavy atom. The minimum atomic E-state index is -3.55. The normalized spacial score (nSPS) is 15.0. The Hall–Kier alpha value is -2.91. The molecule has 1 amide bonds. The van der Waals surface area contributed by atoms with Crippen molar-refractivity contribution in [3.8, 4) is 5.75 Å². The number of nitrogens with one attached hydrogen (secondary N) is 1. The van der Waals surface area contributed by atoms with Crippen LogP contribution in [0.2, 0.25) is 0 Å². The summed E-state index contributed by atoms with van der Waals surface area (Å²) in [4.78, 5) is 23.3. The highest BCUT2D eigenvalue weighted by Crippen LogP contribution is 2.23. The average Bonchev–Trinajstić information content (AvgIpc) is 2.69. The van der Waals surface area contributed by atoms with Gasteiger partial charge < -0.3 is 9.84 Å². The Balaban J connectivity index is 1.67. The molecule has 0 atom stereocenters. The van der Waals surface area contributed by atoms with Gasteiger partial charge in [0.25, 0.3) is 0 Å². The van der Waals surface area contributed by atoms with E-state index in [2.05, 4.69) is 5.32 Å². The van der Waals surface area contributed by atoms with Crippen LogP contribution in [0.5, 0.6) is 5.75 Å². The third-order valence-corrected chi connectivity index (χ3v) is 6.29. The Morgan fingerprint density at radius 2 is 1.61 bits per heavy atom. The van der Waals surface area contributed by atoms with Crippen molar-refractivity contribution >= 4 is 27.8 Å². The molecule has 1 fully saturated rings. The molecule has 9 heteroatoms. The number of benzene rings is 2. The fourth-order valence-electron chi connectivity index (χ4n) is 2.94. The second-order valence-electron chi connectivity index (χ2n) is 6.30. The van der Waals surface area contributed by atoms with Crippen molar-refractivity contribution in [2.75, 3.05) is 18.4 Å². The first-order valence-corrected chi connectivity index (χ1v) is 10.2. The lowest BCUT2D eigenvalue weighted by Gasteiger charge is -2.25. The number of carboxylic acids is 1.